The van der Waals surface area contributed by atoms with E-state index in [1.807, 2.05) is 22.9 Å². The largest absolute Gasteiger partial charge is 0.225 e. The molecule has 2 aromatic heterocycles. The van der Waals surface area contributed by atoms with E-state index in [0.717, 1.165) is 0 Å². The summed E-state index contributed by atoms with van der Waals surface area (Å²) < 4.78 is 0. The van der Waals surface area contributed by atoms with Gasteiger partial charge in [0.25, 0.3) is 0 Å². The first kappa shape index (κ1) is 7.81. The molecule has 0 spiro atoms. The quantitative estimate of drug-likeness (QED) is 0.595. The van der Waals surface area contributed by atoms with E-state index in [-0.39, 0.29) is 0 Å². The first-order valence-corrected chi connectivity index (χ1v) is 3.96. The van der Waals surface area contributed by atoms with Gasteiger partial charge in [0, 0.05) is 0 Å². The Morgan fingerprint density at radius 2 is 1.18 bits per heavy atom. The van der Waals surface area contributed by atoms with Gasteiger partial charge < -0.3 is 0 Å². The van der Waals surface area contributed by atoms with Gasteiger partial charge in [0.1, 0.15) is 19.0 Å². The molecule has 0 amide bonds. The van der Waals surface area contributed by atoms with Crippen LogP contribution in [0.1, 0.15) is 0 Å². The van der Waals surface area contributed by atoms with E-state index in [1.165, 1.54) is 19.0 Å². The van der Waals surface area contributed by atoms with E-state index in [9.17, 15) is 0 Å². The van der Waals surface area contributed by atoms with Crippen LogP contribution < -0.4 is 0 Å². The lowest BCUT2D eigenvalue weighted by molar-refractivity contribution is 1.05. The van der Waals surface area contributed by atoms with Crippen molar-refractivity contribution in [2.75, 3.05) is 0 Å². The number of hydrogen-bond acceptors (Lipinski definition) is 4. The molecule has 56 valence electrons. The molecule has 0 aliphatic carbocycles. The lowest BCUT2D eigenvalue weighted by atomic mass is 10.7. The van der Waals surface area contributed by atoms with Gasteiger partial charge >= 0.3 is 0 Å². The number of aromatic nitrogens is 3. The van der Waals surface area contributed by atoms with Gasteiger partial charge in [0.05, 0.1) is 0 Å². The summed E-state index contributed by atoms with van der Waals surface area (Å²) in [6.45, 7) is 0. The van der Waals surface area contributed by atoms with E-state index in [1.54, 1.807) is 11.3 Å². The van der Waals surface area contributed by atoms with Gasteiger partial charge in [-0.2, -0.15) is 11.3 Å². The first-order valence-electron chi connectivity index (χ1n) is 3.02. The summed E-state index contributed by atoms with van der Waals surface area (Å²) in [5.41, 5.74) is 0. The summed E-state index contributed by atoms with van der Waals surface area (Å²) in [6.07, 6.45) is 4.31. The zero-order valence-electron chi connectivity index (χ0n) is 5.79. The Morgan fingerprint density at radius 1 is 0.727 bits per heavy atom. The molecule has 0 saturated carbocycles. The Morgan fingerprint density at radius 3 is 1.36 bits per heavy atom. The SMILES string of the molecule is c1ccsc1.c1ncncn1. The molecule has 0 unspecified atom stereocenters. The minimum absolute atomic E-state index is 1.44. The predicted octanol–water partition coefficient (Wildman–Crippen LogP) is 1.62. The Kier molecular flexibility index (Phi) is 3.90. The molecule has 0 aliphatic rings. The molecule has 4 heteroatoms. The van der Waals surface area contributed by atoms with Crippen LogP contribution in [0.25, 0.3) is 0 Å². The fourth-order valence-corrected chi connectivity index (χ4v) is 0.885. The van der Waals surface area contributed by atoms with E-state index < -0.39 is 0 Å². The summed E-state index contributed by atoms with van der Waals surface area (Å²) >= 11 is 1.71. The maximum absolute atomic E-state index is 3.56. The second-order valence-electron chi connectivity index (χ2n) is 1.59. The minimum Gasteiger partial charge on any atom is -0.225 e. The van der Waals surface area contributed by atoms with Crippen LogP contribution in [0.4, 0.5) is 0 Å². The van der Waals surface area contributed by atoms with Crippen LogP contribution in [-0.2, 0) is 0 Å². The Labute approximate surface area is 68.8 Å². The van der Waals surface area contributed by atoms with Gasteiger partial charge in [-0.25, -0.2) is 15.0 Å². The normalized spacial score (nSPS) is 8.00. The van der Waals surface area contributed by atoms with Gasteiger partial charge in [-0.1, -0.05) is 12.1 Å². The van der Waals surface area contributed by atoms with Crippen molar-refractivity contribution >= 4 is 11.3 Å². The molecule has 2 heterocycles. The summed E-state index contributed by atoms with van der Waals surface area (Å²) in [5.74, 6) is 0. The second kappa shape index (κ2) is 5.49. The molecule has 0 N–H and O–H groups in total. The van der Waals surface area contributed by atoms with Crippen molar-refractivity contribution in [1.29, 1.82) is 0 Å². The Balaban J connectivity index is 0.000000112. The van der Waals surface area contributed by atoms with E-state index >= 15 is 0 Å². The lowest BCUT2D eigenvalue weighted by Gasteiger charge is -1.69. The fourth-order valence-electron chi connectivity index (χ4n) is 0.432. The minimum atomic E-state index is 1.44. The average Bonchev–Trinajstić information content (AvgIpc) is 2.64. The predicted molar refractivity (Wildman–Crippen MR) is 44.1 cm³/mol. The zero-order chi connectivity index (χ0) is 7.78. The molecule has 0 bridgehead atoms. The third-order valence-corrected chi connectivity index (χ3v) is 1.45. The monoisotopic (exact) mass is 165 g/mol. The van der Waals surface area contributed by atoms with Gasteiger partial charge in [-0.3, -0.25) is 0 Å². The molecular formula is C7H7N3S. The Bertz CT molecular complexity index is 200. The summed E-state index contributed by atoms with van der Waals surface area (Å²) in [6, 6.07) is 4.04. The van der Waals surface area contributed by atoms with Crippen LogP contribution in [0.2, 0.25) is 0 Å². The van der Waals surface area contributed by atoms with Crippen LogP contribution in [0, 0.1) is 0 Å². The molecule has 0 radical (unpaired) electrons. The highest BCUT2D eigenvalue weighted by Crippen LogP contribution is 1.91. The number of rotatable bonds is 0. The third kappa shape index (κ3) is 4.16. The second-order valence-corrected chi connectivity index (χ2v) is 2.40. The highest BCUT2D eigenvalue weighted by molar-refractivity contribution is 7.07. The fraction of sp³-hybridized carbons (Fsp3) is 0. The van der Waals surface area contributed by atoms with E-state index in [4.69, 9.17) is 0 Å². The maximum Gasteiger partial charge on any atom is 0.119 e. The van der Waals surface area contributed by atoms with Crippen molar-refractivity contribution < 1.29 is 0 Å². The topological polar surface area (TPSA) is 38.7 Å². The highest BCUT2D eigenvalue weighted by Gasteiger charge is 1.59. The molecule has 3 nitrogen and oxygen atoms in total. The van der Waals surface area contributed by atoms with E-state index in [2.05, 4.69) is 15.0 Å². The molecular weight excluding hydrogens is 158 g/mol. The molecule has 0 aliphatic heterocycles. The van der Waals surface area contributed by atoms with Crippen LogP contribution >= 0.6 is 11.3 Å². The molecule has 2 aromatic rings. The van der Waals surface area contributed by atoms with Crippen LogP contribution in [0.5, 0.6) is 0 Å². The highest BCUT2D eigenvalue weighted by atomic mass is 32.1. The van der Waals surface area contributed by atoms with Crippen molar-refractivity contribution in [3.8, 4) is 0 Å². The van der Waals surface area contributed by atoms with E-state index in [0.29, 0.717) is 0 Å². The van der Waals surface area contributed by atoms with Crippen molar-refractivity contribution in [2.24, 2.45) is 0 Å². The molecule has 11 heavy (non-hydrogen) atoms. The molecule has 0 aromatic carbocycles. The summed E-state index contributed by atoms with van der Waals surface area (Å²) in [4.78, 5) is 10.7. The van der Waals surface area contributed by atoms with Crippen molar-refractivity contribution in [3.63, 3.8) is 0 Å². The third-order valence-electron chi connectivity index (χ3n) is 0.825. The van der Waals surface area contributed by atoms with Crippen molar-refractivity contribution in [2.45, 2.75) is 0 Å². The van der Waals surface area contributed by atoms with Crippen LogP contribution in [0.15, 0.2) is 41.9 Å². The zero-order valence-corrected chi connectivity index (χ0v) is 6.61. The van der Waals surface area contributed by atoms with Gasteiger partial charge in [0.15, 0.2) is 0 Å². The van der Waals surface area contributed by atoms with Crippen LogP contribution in [0.3, 0.4) is 0 Å². The van der Waals surface area contributed by atoms with Crippen LogP contribution in [-0.4, -0.2) is 15.0 Å². The number of nitrogens with zero attached hydrogens (tertiary/aromatic N) is 3. The van der Waals surface area contributed by atoms with Gasteiger partial charge in [-0.05, 0) is 10.8 Å². The van der Waals surface area contributed by atoms with Crippen molar-refractivity contribution in [3.05, 3.63) is 41.9 Å². The summed E-state index contributed by atoms with van der Waals surface area (Å²) in [7, 11) is 0. The number of thiophene rings is 1. The smallest absolute Gasteiger partial charge is 0.119 e. The average molecular weight is 165 g/mol. The Hall–Kier alpha value is -1.29. The van der Waals surface area contributed by atoms with Gasteiger partial charge in [-0.15, -0.1) is 0 Å². The maximum atomic E-state index is 3.56. The van der Waals surface area contributed by atoms with Crippen molar-refractivity contribution in [1.82, 2.24) is 15.0 Å². The summed E-state index contributed by atoms with van der Waals surface area (Å²) in [5, 5.41) is 4.08. The lowest BCUT2D eigenvalue weighted by Crippen LogP contribution is -1.73. The first-order chi connectivity index (χ1) is 5.50. The standard InChI is InChI=1S/C4H4S.C3H3N3/c1-2-4-5-3-1;1-4-2-6-3-5-1/h1-4H;1-3H. The number of hydrogen-bond donors (Lipinski definition) is 0. The molecule has 0 saturated heterocycles. The van der Waals surface area contributed by atoms with Gasteiger partial charge in [0.2, 0.25) is 0 Å². The molecule has 0 fully saturated rings. The molecule has 2 rings (SSSR count). The molecule has 0 atom stereocenters.